The molecule has 1 aliphatic carbocycles. The molecule has 0 spiro atoms. The normalized spacial score (nSPS) is 14.9. The van der Waals surface area contributed by atoms with Crippen molar-refractivity contribution in [2.45, 2.75) is 58.7 Å². The predicted octanol–water partition coefficient (Wildman–Crippen LogP) is 5.71. The summed E-state index contributed by atoms with van der Waals surface area (Å²) < 4.78 is 2.12. The Labute approximate surface area is 226 Å². The van der Waals surface area contributed by atoms with E-state index in [1.807, 2.05) is 37.9 Å². The van der Waals surface area contributed by atoms with E-state index in [1.54, 1.807) is 0 Å². The summed E-state index contributed by atoms with van der Waals surface area (Å²) in [4.78, 5) is 16.2. The molecule has 0 radical (unpaired) electrons. The molecule has 1 aliphatic rings. The quantitative estimate of drug-likeness (QED) is 0.299. The molecule has 1 N–H and O–H groups in total. The standard InChI is InChI=1S/C32H38N6/c1-23-13-16-34-24(2)31(23)25(3)36-19-26-8-5-9-27(18-26)21-38(17-14-29-20-33-22-37(29)4)30-12-6-10-28-11-7-15-35-32(28)30/h5,7-9,11,13,15-16,18,20,22,30,36H,3,6,10,12,14,17,19,21H2,1-2,4H3. The minimum absolute atomic E-state index is 0.325. The lowest BCUT2D eigenvalue weighted by Crippen LogP contribution is -2.33. The molecule has 1 unspecified atom stereocenters. The number of fused-ring (bicyclic) bond motifs is 1. The molecule has 6 heteroatoms. The number of aryl methyl sites for hydroxylation is 4. The first kappa shape index (κ1) is 25.9. The Morgan fingerprint density at radius 1 is 1.11 bits per heavy atom. The second kappa shape index (κ2) is 11.7. The molecule has 0 saturated heterocycles. The summed E-state index contributed by atoms with van der Waals surface area (Å²) in [6, 6.07) is 15.6. The molecule has 1 atom stereocenters. The maximum Gasteiger partial charge on any atom is 0.0945 e. The van der Waals surface area contributed by atoms with Gasteiger partial charge in [-0.1, -0.05) is 36.9 Å². The summed E-state index contributed by atoms with van der Waals surface area (Å²) in [6.45, 7) is 11.0. The van der Waals surface area contributed by atoms with E-state index in [0.717, 1.165) is 55.9 Å². The Morgan fingerprint density at radius 3 is 2.79 bits per heavy atom. The number of benzene rings is 1. The van der Waals surface area contributed by atoms with E-state index < -0.39 is 0 Å². The first-order valence-electron chi connectivity index (χ1n) is 13.6. The second-order valence-corrected chi connectivity index (χ2v) is 10.4. The van der Waals surface area contributed by atoms with E-state index in [2.05, 4.69) is 81.7 Å². The van der Waals surface area contributed by atoms with Crippen LogP contribution in [0.3, 0.4) is 0 Å². The highest BCUT2D eigenvalue weighted by molar-refractivity contribution is 5.66. The molecule has 0 amide bonds. The summed E-state index contributed by atoms with van der Waals surface area (Å²) in [6.07, 6.45) is 12.1. The van der Waals surface area contributed by atoms with Crippen molar-refractivity contribution in [1.82, 2.24) is 29.7 Å². The van der Waals surface area contributed by atoms with Gasteiger partial charge in [-0.2, -0.15) is 0 Å². The van der Waals surface area contributed by atoms with E-state index in [-0.39, 0.29) is 0 Å². The lowest BCUT2D eigenvalue weighted by molar-refractivity contribution is 0.167. The number of nitrogens with one attached hydrogen (secondary N) is 1. The van der Waals surface area contributed by atoms with E-state index >= 15 is 0 Å². The minimum Gasteiger partial charge on any atom is -0.381 e. The maximum absolute atomic E-state index is 4.85. The van der Waals surface area contributed by atoms with Crippen molar-refractivity contribution >= 4 is 5.70 Å². The first-order valence-corrected chi connectivity index (χ1v) is 13.6. The summed E-state index contributed by atoms with van der Waals surface area (Å²) in [5.41, 5.74) is 10.7. The van der Waals surface area contributed by atoms with Gasteiger partial charge in [0, 0.05) is 74.3 Å². The average Bonchev–Trinajstić information content (AvgIpc) is 3.34. The van der Waals surface area contributed by atoms with Gasteiger partial charge in [0.25, 0.3) is 0 Å². The van der Waals surface area contributed by atoms with Gasteiger partial charge in [-0.25, -0.2) is 4.98 Å². The minimum atomic E-state index is 0.325. The number of hydrogen-bond donors (Lipinski definition) is 1. The third-order valence-electron chi connectivity index (χ3n) is 7.71. The van der Waals surface area contributed by atoms with E-state index in [4.69, 9.17) is 4.98 Å². The molecule has 38 heavy (non-hydrogen) atoms. The zero-order chi connectivity index (χ0) is 26.5. The summed E-state index contributed by atoms with van der Waals surface area (Å²) >= 11 is 0. The fourth-order valence-electron chi connectivity index (χ4n) is 5.69. The maximum atomic E-state index is 4.85. The van der Waals surface area contributed by atoms with Crippen molar-refractivity contribution in [3.8, 4) is 0 Å². The van der Waals surface area contributed by atoms with Gasteiger partial charge in [-0.3, -0.25) is 14.9 Å². The van der Waals surface area contributed by atoms with Crippen LogP contribution in [0.4, 0.5) is 0 Å². The van der Waals surface area contributed by atoms with Crippen LogP contribution < -0.4 is 5.32 Å². The van der Waals surface area contributed by atoms with E-state index in [0.29, 0.717) is 6.04 Å². The zero-order valence-corrected chi connectivity index (χ0v) is 22.8. The van der Waals surface area contributed by atoms with Gasteiger partial charge >= 0.3 is 0 Å². The smallest absolute Gasteiger partial charge is 0.0945 e. The van der Waals surface area contributed by atoms with Crippen LogP contribution in [0.5, 0.6) is 0 Å². The van der Waals surface area contributed by atoms with Crippen LogP contribution in [0, 0.1) is 13.8 Å². The number of nitrogens with zero attached hydrogens (tertiary/aromatic N) is 5. The lowest BCUT2D eigenvalue weighted by atomic mass is 9.90. The van der Waals surface area contributed by atoms with Crippen LogP contribution in [0.2, 0.25) is 0 Å². The van der Waals surface area contributed by atoms with Crippen LogP contribution in [0.15, 0.2) is 74.0 Å². The highest BCUT2D eigenvalue weighted by Gasteiger charge is 2.27. The van der Waals surface area contributed by atoms with Gasteiger partial charge < -0.3 is 9.88 Å². The Bertz CT molecular complexity index is 1380. The highest BCUT2D eigenvalue weighted by Crippen LogP contribution is 2.34. The summed E-state index contributed by atoms with van der Waals surface area (Å²) in [5, 5.41) is 3.54. The van der Waals surface area contributed by atoms with Crippen LogP contribution in [-0.4, -0.2) is 31.0 Å². The molecular weight excluding hydrogens is 468 g/mol. The van der Waals surface area contributed by atoms with Gasteiger partial charge in [0.2, 0.25) is 0 Å². The van der Waals surface area contributed by atoms with Crippen molar-refractivity contribution in [3.05, 3.63) is 119 Å². The molecule has 196 valence electrons. The average molecular weight is 507 g/mol. The van der Waals surface area contributed by atoms with Gasteiger partial charge in [-0.15, -0.1) is 0 Å². The SMILES string of the molecule is C=C(NCc1cccc(CN(CCc2cncn2C)C2CCCc3cccnc32)c1)c1c(C)ccnc1C. The van der Waals surface area contributed by atoms with Crippen LogP contribution in [0.1, 0.15) is 63.8 Å². The molecule has 6 nitrogen and oxygen atoms in total. The largest absolute Gasteiger partial charge is 0.381 e. The second-order valence-electron chi connectivity index (χ2n) is 10.4. The molecular formula is C32H38N6. The Kier molecular flexibility index (Phi) is 7.99. The Balaban J connectivity index is 1.33. The molecule has 3 aromatic heterocycles. The topological polar surface area (TPSA) is 58.9 Å². The number of imidazole rings is 1. The van der Waals surface area contributed by atoms with Crippen LogP contribution in [-0.2, 0) is 33.0 Å². The fraction of sp³-hybridized carbons (Fsp3) is 0.344. The zero-order valence-electron chi connectivity index (χ0n) is 22.8. The molecule has 0 saturated carbocycles. The van der Waals surface area contributed by atoms with E-state index in [9.17, 15) is 0 Å². The third-order valence-corrected chi connectivity index (χ3v) is 7.71. The third kappa shape index (κ3) is 5.86. The highest BCUT2D eigenvalue weighted by atomic mass is 15.2. The van der Waals surface area contributed by atoms with Crippen molar-refractivity contribution in [1.29, 1.82) is 0 Å². The molecule has 0 aliphatic heterocycles. The van der Waals surface area contributed by atoms with Gasteiger partial charge in [0.1, 0.15) is 0 Å². The van der Waals surface area contributed by atoms with Gasteiger partial charge in [-0.05, 0) is 67.5 Å². The Morgan fingerprint density at radius 2 is 1.97 bits per heavy atom. The van der Waals surface area contributed by atoms with Crippen molar-refractivity contribution in [3.63, 3.8) is 0 Å². The van der Waals surface area contributed by atoms with Crippen LogP contribution in [0.25, 0.3) is 5.70 Å². The molecule has 1 aromatic carbocycles. The molecule has 3 heterocycles. The number of aromatic nitrogens is 4. The van der Waals surface area contributed by atoms with Gasteiger partial charge in [0.05, 0.1) is 18.1 Å². The molecule has 5 rings (SSSR count). The first-order chi connectivity index (χ1) is 18.5. The molecule has 0 bridgehead atoms. The van der Waals surface area contributed by atoms with Crippen LogP contribution >= 0.6 is 0 Å². The summed E-state index contributed by atoms with van der Waals surface area (Å²) in [7, 11) is 2.07. The number of pyridine rings is 2. The van der Waals surface area contributed by atoms with E-state index in [1.165, 1.54) is 40.1 Å². The number of rotatable bonds is 10. The van der Waals surface area contributed by atoms with Crippen molar-refractivity contribution in [2.75, 3.05) is 6.54 Å². The Hall–Kier alpha value is -3.77. The number of hydrogen-bond acceptors (Lipinski definition) is 5. The monoisotopic (exact) mass is 506 g/mol. The molecule has 0 fully saturated rings. The van der Waals surface area contributed by atoms with Gasteiger partial charge in [0.15, 0.2) is 0 Å². The van der Waals surface area contributed by atoms with Crippen molar-refractivity contribution < 1.29 is 0 Å². The van der Waals surface area contributed by atoms with Crippen molar-refractivity contribution in [2.24, 2.45) is 7.05 Å². The molecule has 4 aromatic rings. The fourth-order valence-corrected chi connectivity index (χ4v) is 5.69. The predicted molar refractivity (Wildman–Crippen MR) is 153 cm³/mol. The lowest BCUT2D eigenvalue weighted by Gasteiger charge is -2.35. The summed E-state index contributed by atoms with van der Waals surface area (Å²) in [5.74, 6) is 0.